The van der Waals surface area contributed by atoms with Gasteiger partial charge in [-0.3, -0.25) is 29.3 Å². The number of carbonyl (C=O) groups excluding carboxylic acids is 4. The zero-order valence-corrected chi connectivity index (χ0v) is 17.2. The average Bonchev–Trinajstić information content (AvgIpc) is 3.07. The van der Waals surface area contributed by atoms with Gasteiger partial charge in [0.05, 0.1) is 16.8 Å². The molecule has 1 aliphatic heterocycles. The molecule has 164 valence electrons. The Hall–Kier alpha value is -3.88. The van der Waals surface area contributed by atoms with E-state index in [9.17, 15) is 29.3 Å². The molecule has 0 aromatic heterocycles. The minimum atomic E-state index is -0.821. The second-order valence-electron chi connectivity index (χ2n) is 7.95. The molecule has 2 atom stereocenters. The van der Waals surface area contributed by atoms with Gasteiger partial charge in [0.1, 0.15) is 6.54 Å². The number of nitro groups is 1. The molecule has 2 aromatic rings. The quantitative estimate of drug-likeness (QED) is 0.298. The second-order valence-corrected chi connectivity index (χ2v) is 7.95. The average molecular weight is 435 g/mol. The van der Waals surface area contributed by atoms with Gasteiger partial charge in [-0.1, -0.05) is 49.2 Å². The summed E-state index contributed by atoms with van der Waals surface area (Å²) < 4.78 is 0. The lowest BCUT2D eigenvalue weighted by molar-refractivity contribution is -0.384. The normalized spacial score (nSPS) is 20.1. The molecule has 1 heterocycles. The molecular formula is C23H21N3O6. The van der Waals surface area contributed by atoms with Gasteiger partial charge >= 0.3 is 0 Å². The Morgan fingerprint density at radius 3 is 2.12 bits per heavy atom. The second kappa shape index (κ2) is 8.70. The molecule has 9 nitrogen and oxygen atoms in total. The highest BCUT2D eigenvalue weighted by Gasteiger charge is 2.51. The molecule has 4 rings (SSSR count). The van der Waals surface area contributed by atoms with Crippen LogP contribution < -0.4 is 0 Å². The van der Waals surface area contributed by atoms with Crippen molar-refractivity contribution in [1.29, 1.82) is 0 Å². The minimum absolute atomic E-state index is 0.0875. The predicted molar refractivity (Wildman–Crippen MR) is 112 cm³/mol. The van der Waals surface area contributed by atoms with E-state index < -0.39 is 46.8 Å². The monoisotopic (exact) mass is 435 g/mol. The summed E-state index contributed by atoms with van der Waals surface area (Å²) in [6.07, 6.45) is 2.74. The molecule has 3 amide bonds. The Morgan fingerprint density at radius 2 is 1.53 bits per heavy atom. The van der Waals surface area contributed by atoms with Gasteiger partial charge in [-0.15, -0.1) is 0 Å². The molecule has 1 saturated heterocycles. The van der Waals surface area contributed by atoms with Crippen LogP contribution in [0.1, 0.15) is 46.4 Å². The molecule has 0 radical (unpaired) electrons. The van der Waals surface area contributed by atoms with E-state index in [1.165, 1.54) is 18.2 Å². The fourth-order valence-electron chi connectivity index (χ4n) is 4.37. The maximum atomic E-state index is 13.4. The zero-order chi connectivity index (χ0) is 22.8. The Balaban J connectivity index is 1.71. The molecule has 0 bridgehead atoms. The SMILES string of the molecule is O=C(CN(C(=O)c1cccc([N+](=O)[O-])c1)N1C(=O)[C@H]2CCCC[C@@H]2C1=O)c1ccccc1. The van der Waals surface area contributed by atoms with Crippen LogP contribution in [-0.2, 0) is 9.59 Å². The van der Waals surface area contributed by atoms with Gasteiger partial charge in [0.15, 0.2) is 5.78 Å². The Labute approximate surface area is 183 Å². The topological polar surface area (TPSA) is 118 Å². The van der Waals surface area contributed by atoms with Crippen molar-refractivity contribution >= 4 is 29.2 Å². The van der Waals surface area contributed by atoms with Crippen LogP contribution in [0.25, 0.3) is 0 Å². The molecule has 2 aromatic carbocycles. The Morgan fingerprint density at radius 1 is 0.938 bits per heavy atom. The highest BCUT2D eigenvalue weighted by Crippen LogP contribution is 2.39. The van der Waals surface area contributed by atoms with Gasteiger partial charge in [0.25, 0.3) is 23.4 Å². The number of benzene rings is 2. The summed E-state index contributed by atoms with van der Waals surface area (Å²) in [5.74, 6) is -3.30. The molecule has 32 heavy (non-hydrogen) atoms. The number of ketones is 1. The van der Waals surface area contributed by atoms with Crippen LogP contribution in [-0.4, -0.2) is 45.0 Å². The van der Waals surface area contributed by atoms with Crippen LogP contribution in [0, 0.1) is 22.0 Å². The number of fused-ring (bicyclic) bond motifs is 1. The number of imide groups is 1. The van der Waals surface area contributed by atoms with Crippen molar-refractivity contribution in [3.63, 3.8) is 0 Å². The molecule has 1 saturated carbocycles. The lowest BCUT2D eigenvalue weighted by Crippen LogP contribution is -2.52. The summed E-state index contributed by atoms with van der Waals surface area (Å²) >= 11 is 0. The summed E-state index contributed by atoms with van der Waals surface area (Å²) in [4.78, 5) is 63.0. The van der Waals surface area contributed by atoms with E-state index in [2.05, 4.69) is 0 Å². The van der Waals surface area contributed by atoms with E-state index in [4.69, 9.17) is 0 Å². The van der Waals surface area contributed by atoms with E-state index in [1.807, 2.05) is 0 Å². The third kappa shape index (κ3) is 3.89. The first-order valence-corrected chi connectivity index (χ1v) is 10.4. The highest BCUT2D eigenvalue weighted by molar-refractivity contribution is 6.09. The summed E-state index contributed by atoms with van der Waals surface area (Å²) in [7, 11) is 0. The van der Waals surface area contributed by atoms with Gasteiger partial charge in [-0.2, -0.15) is 5.01 Å². The predicted octanol–water partition coefficient (Wildman–Crippen LogP) is 3.01. The number of nitro benzene ring substituents is 1. The van der Waals surface area contributed by atoms with Crippen LogP contribution in [0.4, 0.5) is 5.69 Å². The smallest absolute Gasteiger partial charge is 0.273 e. The molecule has 1 aliphatic carbocycles. The van der Waals surface area contributed by atoms with Gasteiger partial charge in [0, 0.05) is 23.3 Å². The lowest BCUT2D eigenvalue weighted by atomic mass is 9.81. The summed E-state index contributed by atoms with van der Waals surface area (Å²) in [6, 6.07) is 13.2. The van der Waals surface area contributed by atoms with Crippen molar-refractivity contribution in [3.8, 4) is 0 Å². The summed E-state index contributed by atoms with van der Waals surface area (Å²) in [5, 5.41) is 12.8. The van der Waals surface area contributed by atoms with Crippen LogP contribution in [0.15, 0.2) is 54.6 Å². The number of nitrogens with zero attached hydrogens (tertiary/aromatic N) is 3. The molecule has 9 heteroatoms. The van der Waals surface area contributed by atoms with Crippen LogP contribution >= 0.6 is 0 Å². The van der Waals surface area contributed by atoms with Crippen molar-refractivity contribution in [3.05, 3.63) is 75.8 Å². The van der Waals surface area contributed by atoms with E-state index in [1.54, 1.807) is 30.3 Å². The molecule has 2 aliphatic rings. The fraction of sp³-hybridized carbons (Fsp3) is 0.304. The molecular weight excluding hydrogens is 414 g/mol. The maximum Gasteiger partial charge on any atom is 0.273 e. The number of non-ortho nitro benzene ring substituents is 1. The highest BCUT2D eigenvalue weighted by atomic mass is 16.6. The molecule has 2 fully saturated rings. The Bertz CT molecular complexity index is 1080. The maximum absolute atomic E-state index is 13.4. The standard InChI is InChI=1S/C23H21N3O6/c27-20(15-7-2-1-3-8-15)14-24(21(28)16-9-6-10-17(13-16)26(31)32)25-22(29)18-11-4-5-12-19(18)23(25)30/h1-3,6-10,13,18-19H,4-5,11-12,14H2/t18-,19-/m0/s1. The van der Waals surface area contributed by atoms with E-state index in [-0.39, 0.29) is 11.3 Å². The first-order chi connectivity index (χ1) is 15.4. The van der Waals surface area contributed by atoms with Crippen LogP contribution in [0.3, 0.4) is 0 Å². The number of hydrogen-bond acceptors (Lipinski definition) is 6. The van der Waals surface area contributed by atoms with Gasteiger partial charge in [0.2, 0.25) is 0 Å². The summed E-state index contributed by atoms with van der Waals surface area (Å²) in [5.41, 5.74) is -0.0747. The van der Waals surface area contributed by atoms with Crippen LogP contribution in [0.5, 0.6) is 0 Å². The Kier molecular flexibility index (Phi) is 5.81. The number of hydrogen-bond donors (Lipinski definition) is 0. The van der Waals surface area contributed by atoms with E-state index in [0.29, 0.717) is 18.4 Å². The van der Waals surface area contributed by atoms with Crippen molar-refractivity contribution in [1.82, 2.24) is 10.0 Å². The minimum Gasteiger partial charge on any atom is -0.292 e. The van der Waals surface area contributed by atoms with Crippen molar-refractivity contribution < 1.29 is 24.1 Å². The number of Topliss-reactive ketones (excluding diaryl/α,β-unsaturated/α-hetero) is 1. The molecule has 0 unspecified atom stereocenters. The fourth-order valence-corrected chi connectivity index (χ4v) is 4.37. The van der Waals surface area contributed by atoms with Crippen molar-refractivity contribution in [2.75, 3.05) is 6.54 Å². The van der Waals surface area contributed by atoms with Crippen molar-refractivity contribution in [2.45, 2.75) is 25.7 Å². The van der Waals surface area contributed by atoms with Gasteiger partial charge < -0.3 is 0 Å². The van der Waals surface area contributed by atoms with Crippen molar-refractivity contribution in [2.24, 2.45) is 11.8 Å². The zero-order valence-electron chi connectivity index (χ0n) is 17.2. The molecule has 0 N–H and O–H groups in total. The summed E-state index contributed by atoms with van der Waals surface area (Å²) in [6.45, 7) is -0.539. The van der Waals surface area contributed by atoms with Crippen LogP contribution in [0.2, 0.25) is 0 Å². The molecule has 0 spiro atoms. The van der Waals surface area contributed by atoms with Gasteiger partial charge in [-0.05, 0) is 18.9 Å². The third-order valence-corrected chi connectivity index (χ3v) is 5.99. The first-order valence-electron chi connectivity index (χ1n) is 10.4. The number of carbonyl (C=O) groups is 4. The third-order valence-electron chi connectivity index (χ3n) is 5.99. The van der Waals surface area contributed by atoms with Gasteiger partial charge in [-0.25, -0.2) is 5.01 Å². The van der Waals surface area contributed by atoms with E-state index >= 15 is 0 Å². The largest absolute Gasteiger partial charge is 0.292 e. The van der Waals surface area contributed by atoms with E-state index in [0.717, 1.165) is 28.9 Å². The lowest BCUT2D eigenvalue weighted by Gasteiger charge is -2.30. The number of hydrazine groups is 1. The number of amides is 3. The number of rotatable bonds is 6. The first kappa shape index (κ1) is 21.4.